The standard InChI is InChI=1S/C17H19NO3/c1-3-21-17(20)11-12-18(13(2)19)16-10-6-8-14-7-4-5-9-15(14)16/h4-10H,3,11-12H2,1-2H3. The number of benzene rings is 2. The Hall–Kier alpha value is -2.36. The van der Waals surface area contributed by atoms with Crippen molar-refractivity contribution in [2.45, 2.75) is 20.3 Å². The molecule has 0 aliphatic carbocycles. The number of ether oxygens (including phenoxy) is 1. The predicted octanol–water partition coefficient (Wildman–Crippen LogP) is 3.15. The van der Waals surface area contributed by atoms with Crippen LogP contribution in [0.15, 0.2) is 42.5 Å². The molecule has 0 aliphatic rings. The maximum absolute atomic E-state index is 11.9. The van der Waals surface area contributed by atoms with Crippen molar-refractivity contribution in [3.05, 3.63) is 42.5 Å². The van der Waals surface area contributed by atoms with E-state index in [1.807, 2.05) is 42.5 Å². The SMILES string of the molecule is CCOC(=O)CCN(C(C)=O)c1cccc2ccccc12. The Labute approximate surface area is 124 Å². The second-order valence-corrected chi connectivity index (χ2v) is 4.72. The summed E-state index contributed by atoms with van der Waals surface area (Å²) < 4.78 is 4.92. The van der Waals surface area contributed by atoms with Crippen molar-refractivity contribution in [1.29, 1.82) is 0 Å². The molecular formula is C17H19NO3. The number of carbonyl (C=O) groups excluding carboxylic acids is 2. The molecule has 0 bridgehead atoms. The van der Waals surface area contributed by atoms with Crippen LogP contribution in [0.3, 0.4) is 0 Å². The van der Waals surface area contributed by atoms with Crippen LogP contribution in [-0.2, 0) is 14.3 Å². The summed E-state index contributed by atoms with van der Waals surface area (Å²) in [7, 11) is 0. The molecule has 2 aromatic carbocycles. The van der Waals surface area contributed by atoms with Gasteiger partial charge < -0.3 is 9.64 Å². The lowest BCUT2D eigenvalue weighted by Crippen LogP contribution is -2.31. The molecule has 2 aromatic rings. The highest BCUT2D eigenvalue weighted by atomic mass is 16.5. The van der Waals surface area contributed by atoms with Crippen molar-refractivity contribution in [2.75, 3.05) is 18.1 Å². The van der Waals surface area contributed by atoms with E-state index in [2.05, 4.69) is 0 Å². The van der Waals surface area contributed by atoms with Crippen LogP contribution in [0.5, 0.6) is 0 Å². The minimum absolute atomic E-state index is 0.0874. The van der Waals surface area contributed by atoms with E-state index < -0.39 is 0 Å². The first-order chi connectivity index (χ1) is 10.1. The van der Waals surface area contributed by atoms with E-state index in [-0.39, 0.29) is 18.3 Å². The van der Waals surface area contributed by atoms with Gasteiger partial charge in [0.1, 0.15) is 0 Å². The molecule has 4 nitrogen and oxygen atoms in total. The summed E-state index contributed by atoms with van der Waals surface area (Å²) in [6.07, 6.45) is 0.191. The first-order valence-electron chi connectivity index (χ1n) is 7.05. The fraction of sp³-hybridized carbons (Fsp3) is 0.294. The summed E-state index contributed by atoms with van der Waals surface area (Å²) in [6.45, 7) is 3.95. The van der Waals surface area contributed by atoms with Gasteiger partial charge in [0.15, 0.2) is 0 Å². The van der Waals surface area contributed by atoms with Gasteiger partial charge in [-0.3, -0.25) is 9.59 Å². The van der Waals surface area contributed by atoms with Gasteiger partial charge in [-0.2, -0.15) is 0 Å². The van der Waals surface area contributed by atoms with Crippen molar-refractivity contribution >= 4 is 28.3 Å². The van der Waals surface area contributed by atoms with Gasteiger partial charge in [-0.1, -0.05) is 36.4 Å². The van der Waals surface area contributed by atoms with Crippen molar-refractivity contribution < 1.29 is 14.3 Å². The summed E-state index contributed by atoms with van der Waals surface area (Å²) >= 11 is 0. The lowest BCUT2D eigenvalue weighted by atomic mass is 10.1. The molecule has 110 valence electrons. The Morgan fingerprint density at radius 1 is 1.10 bits per heavy atom. The number of carbonyl (C=O) groups is 2. The number of amides is 1. The van der Waals surface area contributed by atoms with Crippen LogP contribution in [-0.4, -0.2) is 25.0 Å². The molecule has 0 saturated heterocycles. The van der Waals surface area contributed by atoms with Gasteiger partial charge in [-0.05, 0) is 18.4 Å². The van der Waals surface area contributed by atoms with Crippen LogP contribution in [0.25, 0.3) is 10.8 Å². The second kappa shape index (κ2) is 6.88. The first kappa shape index (κ1) is 15.0. The van der Waals surface area contributed by atoms with Gasteiger partial charge in [0, 0.05) is 18.9 Å². The fourth-order valence-electron chi connectivity index (χ4n) is 2.33. The summed E-state index contributed by atoms with van der Waals surface area (Å²) in [4.78, 5) is 25.1. The average molecular weight is 285 g/mol. The monoisotopic (exact) mass is 285 g/mol. The van der Waals surface area contributed by atoms with E-state index in [0.717, 1.165) is 16.5 Å². The molecule has 0 N–H and O–H groups in total. The van der Waals surface area contributed by atoms with Crippen LogP contribution in [0.4, 0.5) is 5.69 Å². The molecule has 0 radical (unpaired) electrons. The Bertz CT molecular complexity index is 646. The number of nitrogens with zero attached hydrogens (tertiary/aromatic N) is 1. The number of anilines is 1. The molecular weight excluding hydrogens is 266 g/mol. The van der Waals surface area contributed by atoms with Crippen molar-refractivity contribution in [1.82, 2.24) is 0 Å². The first-order valence-corrected chi connectivity index (χ1v) is 7.05. The van der Waals surface area contributed by atoms with E-state index in [4.69, 9.17) is 4.74 Å². The number of hydrogen-bond donors (Lipinski definition) is 0. The van der Waals surface area contributed by atoms with E-state index in [1.54, 1.807) is 11.8 Å². The van der Waals surface area contributed by atoms with Gasteiger partial charge in [0.2, 0.25) is 5.91 Å². The molecule has 0 aliphatic heterocycles. The zero-order valence-corrected chi connectivity index (χ0v) is 12.3. The van der Waals surface area contributed by atoms with Gasteiger partial charge >= 0.3 is 5.97 Å². The predicted molar refractivity (Wildman–Crippen MR) is 83.2 cm³/mol. The smallest absolute Gasteiger partial charge is 0.307 e. The Balaban J connectivity index is 2.28. The highest BCUT2D eigenvalue weighted by Gasteiger charge is 2.16. The van der Waals surface area contributed by atoms with E-state index in [1.165, 1.54) is 6.92 Å². The Morgan fingerprint density at radius 2 is 1.81 bits per heavy atom. The third-order valence-electron chi connectivity index (χ3n) is 3.28. The molecule has 0 unspecified atom stereocenters. The zero-order chi connectivity index (χ0) is 15.2. The molecule has 0 saturated carbocycles. The van der Waals surface area contributed by atoms with Gasteiger partial charge in [0.25, 0.3) is 0 Å². The molecule has 21 heavy (non-hydrogen) atoms. The molecule has 0 atom stereocenters. The largest absolute Gasteiger partial charge is 0.466 e. The van der Waals surface area contributed by atoms with Crippen LogP contribution >= 0.6 is 0 Å². The Morgan fingerprint density at radius 3 is 2.52 bits per heavy atom. The number of rotatable bonds is 5. The quantitative estimate of drug-likeness (QED) is 0.793. The maximum Gasteiger partial charge on any atom is 0.307 e. The van der Waals surface area contributed by atoms with Crippen LogP contribution in [0.1, 0.15) is 20.3 Å². The Kier molecular flexibility index (Phi) is 4.93. The molecule has 0 spiro atoms. The van der Waals surface area contributed by atoms with Gasteiger partial charge in [-0.25, -0.2) is 0 Å². The summed E-state index contributed by atoms with van der Waals surface area (Å²) in [5.41, 5.74) is 0.824. The molecule has 2 rings (SSSR count). The summed E-state index contributed by atoms with van der Waals surface area (Å²) in [5, 5.41) is 2.07. The van der Waals surface area contributed by atoms with Gasteiger partial charge in [0.05, 0.1) is 18.7 Å². The number of fused-ring (bicyclic) bond motifs is 1. The van der Waals surface area contributed by atoms with Crippen molar-refractivity contribution in [2.24, 2.45) is 0 Å². The third-order valence-corrected chi connectivity index (χ3v) is 3.28. The topological polar surface area (TPSA) is 46.6 Å². The van der Waals surface area contributed by atoms with Crippen LogP contribution in [0, 0.1) is 0 Å². The number of hydrogen-bond acceptors (Lipinski definition) is 3. The summed E-state index contributed by atoms with van der Waals surface area (Å²) in [6, 6.07) is 13.7. The van der Waals surface area contributed by atoms with E-state index >= 15 is 0 Å². The normalized spacial score (nSPS) is 10.4. The van der Waals surface area contributed by atoms with Crippen LogP contribution in [0.2, 0.25) is 0 Å². The molecule has 0 heterocycles. The fourth-order valence-corrected chi connectivity index (χ4v) is 2.33. The van der Waals surface area contributed by atoms with E-state index in [0.29, 0.717) is 13.2 Å². The van der Waals surface area contributed by atoms with Crippen molar-refractivity contribution in [3.8, 4) is 0 Å². The van der Waals surface area contributed by atoms with Crippen LogP contribution < -0.4 is 4.90 Å². The van der Waals surface area contributed by atoms with Gasteiger partial charge in [-0.15, -0.1) is 0 Å². The third kappa shape index (κ3) is 3.60. The lowest BCUT2D eigenvalue weighted by molar-refractivity contribution is -0.142. The van der Waals surface area contributed by atoms with Crippen molar-refractivity contribution in [3.63, 3.8) is 0 Å². The highest BCUT2D eigenvalue weighted by molar-refractivity contribution is 6.03. The summed E-state index contributed by atoms with van der Waals surface area (Å²) in [5.74, 6) is -0.375. The van der Waals surface area contributed by atoms with E-state index in [9.17, 15) is 9.59 Å². The zero-order valence-electron chi connectivity index (χ0n) is 12.3. The number of esters is 1. The molecule has 4 heteroatoms. The molecule has 0 fully saturated rings. The lowest BCUT2D eigenvalue weighted by Gasteiger charge is -2.22. The second-order valence-electron chi connectivity index (χ2n) is 4.72. The maximum atomic E-state index is 11.9. The minimum Gasteiger partial charge on any atom is -0.466 e. The molecule has 0 aromatic heterocycles. The minimum atomic E-state index is -0.288. The highest BCUT2D eigenvalue weighted by Crippen LogP contribution is 2.27. The average Bonchev–Trinajstić information content (AvgIpc) is 2.47. The molecule has 1 amide bonds.